The molecule has 162 valence electrons. The van der Waals surface area contributed by atoms with E-state index in [-0.39, 0.29) is 11.9 Å². The van der Waals surface area contributed by atoms with Crippen LogP contribution < -0.4 is 10.1 Å². The molecule has 6 nitrogen and oxygen atoms in total. The van der Waals surface area contributed by atoms with Crippen molar-refractivity contribution in [1.29, 1.82) is 0 Å². The summed E-state index contributed by atoms with van der Waals surface area (Å²) >= 11 is 0. The normalized spacial score (nSPS) is 14.4. The van der Waals surface area contributed by atoms with Gasteiger partial charge in [-0.15, -0.1) is 0 Å². The van der Waals surface area contributed by atoms with Crippen LogP contribution in [-0.4, -0.2) is 33.7 Å². The van der Waals surface area contributed by atoms with Gasteiger partial charge in [-0.25, -0.2) is 9.50 Å². The predicted octanol–water partition coefficient (Wildman–Crippen LogP) is 5.13. The predicted molar refractivity (Wildman–Crippen MR) is 125 cm³/mol. The van der Waals surface area contributed by atoms with Crippen molar-refractivity contribution < 1.29 is 9.53 Å². The molecule has 32 heavy (non-hydrogen) atoms. The van der Waals surface area contributed by atoms with Crippen LogP contribution in [0.5, 0.6) is 5.75 Å². The molecule has 2 aromatic carbocycles. The number of aromatic nitrogens is 3. The molecule has 0 atom stereocenters. The average Bonchev–Trinajstić information content (AvgIpc) is 3.29. The first-order chi connectivity index (χ1) is 15.7. The number of para-hydroxylation sites is 1. The van der Waals surface area contributed by atoms with Gasteiger partial charge in [-0.1, -0.05) is 61.7 Å². The van der Waals surface area contributed by atoms with Crippen LogP contribution in [0, 0.1) is 0 Å². The molecular weight excluding hydrogens is 400 g/mol. The Morgan fingerprint density at radius 3 is 2.53 bits per heavy atom. The Balaban J connectivity index is 1.63. The Kier molecular flexibility index (Phi) is 5.58. The lowest BCUT2D eigenvalue weighted by molar-refractivity contribution is 0.0923. The van der Waals surface area contributed by atoms with E-state index in [4.69, 9.17) is 9.84 Å². The Bertz CT molecular complexity index is 1240. The Hall–Kier alpha value is -3.67. The van der Waals surface area contributed by atoms with Crippen molar-refractivity contribution in [1.82, 2.24) is 19.9 Å². The average molecular weight is 427 g/mol. The number of methoxy groups -OCH3 is 1. The maximum atomic E-state index is 13.1. The molecule has 5 rings (SSSR count). The summed E-state index contributed by atoms with van der Waals surface area (Å²) in [5.41, 5.74) is 4.45. The molecule has 0 unspecified atom stereocenters. The van der Waals surface area contributed by atoms with Crippen LogP contribution in [-0.2, 0) is 0 Å². The fourth-order valence-electron chi connectivity index (χ4n) is 4.40. The zero-order valence-corrected chi connectivity index (χ0v) is 18.1. The summed E-state index contributed by atoms with van der Waals surface area (Å²) in [6.07, 6.45) is 5.61. The molecule has 0 saturated heterocycles. The number of fused-ring (bicyclic) bond motifs is 1. The maximum Gasteiger partial charge on any atom is 0.270 e. The van der Waals surface area contributed by atoms with Crippen LogP contribution in [0.3, 0.4) is 0 Å². The SMILES string of the molecule is COc1ccccc1-c1cc(C(=O)NC2CCCCC2)nc2cc(-c3ccccc3)nn12. The minimum absolute atomic E-state index is 0.141. The molecule has 0 aliphatic heterocycles. The molecular formula is C26H26N4O2. The highest BCUT2D eigenvalue weighted by Gasteiger charge is 2.21. The third-order valence-electron chi connectivity index (χ3n) is 6.05. The molecule has 1 saturated carbocycles. The van der Waals surface area contributed by atoms with E-state index in [1.165, 1.54) is 6.42 Å². The minimum atomic E-state index is -0.141. The number of amides is 1. The quantitative estimate of drug-likeness (QED) is 0.480. The summed E-state index contributed by atoms with van der Waals surface area (Å²) in [5, 5.41) is 8.00. The topological polar surface area (TPSA) is 68.5 Å². The molecule has 0 spiro atoms. The Morgan fingerprint density at radius 1 is 1.00 bits per heavy atom. The van der Waals surface area contributed by atoms with Crippen molar-refractivity contribution in [2.24, 2.45) is 0 Å². The second-order valence-corrected chi connectivity index (χ2v) is 8.20. The van der Waals surface area contributed by atoms with Crippen LogP contribution in [0.15, 0.2) is 66.7 Å². The van der Waals surface area contributed by atoms with Crippen LogP contribution >= 0.6 is 0 Å². The van der Waals surface area contributed by atoms with Gasteiger partial charge >= 0.3 is 0 Å². The largest absolute Gasteiger partial charge is 0.496 e. The van der Waals surface area contributed by atoms with Crippen molar-refractivity contribution in [3.05, 3.63) is 72.4 Å². The fraction of sp³-hybridized carbons (Fsp3) is 0.269. The van der Waals surface area contributed by atoms with E-state index in [1.54, 1.807) is 11.6 Å². The smallest absolute Gasteiger partial charge is 0.270 e. The minimum Gasteiger partial charge on any atom is -0.496 e. The van der Waals surface area contributed by atoms with E-state index in [0.29, 0.717) is 11.3 Å². The molecule has 1 aliphatic carbocycles. The van der Waals surface area contributed by atoms with Crippen molar-refractivity contribution in [2.75, 3.05) is 7.11 Å². The van der Waals surface area contributed by atoms with Crippen molar-refractivity contribution in [3.63, 3.8) is 0 Å². The van der Waals surface area contributed by atoms with Gasteiger partial charge in [0.25, 0.3) is 5.91 Å². The molecule has 2 heterocycles. The van der Waals surface area contributed by atoms with Crippen LogP contribution in [0.2, 0.25) is 0 Å². The van der Waals surface area contributed by atoms with Crippen molar-refractivity contribution in [2.45, 2.75) is 38.1 Å². The number of rotatable bonds is 5. The fourth-order valence-corrected chi connectivity index (χ4v) is 4.40. The third kappa shape index (κ3) is 3.96. The standard InChI is InChI=1S/C26H26N4O2/c1-32-24-15-9-8-14-20(24)23-16-22(26(31)27-19-12-6-3-7-13-19)28-25-17-21(29-30(23)25)18-10-4-2-5-11-18/h2,4-5,8-11,14-17,19H,3,6-7,12-13H2,1H3,(H,27,31). The van der Waals surface area contributed by atoms with Gasteiger partial charge in [0.2, 0.25) is 0 Å². The zero-order chi connectivity index (χ0) is 21.9. The van der Waals surface area contributed by atoms with E-state index in [9.17, 15) is 4.79 Å². The molecule has 1 aliphatic rings. The third-order valence-corrected chi connectivity index (χ3v) is 6.05. The zero-order valence-electron chi connectivity index (χ0n) is 18.1. The summed E-state index contributed by atoms with van der Waals surface area (Å²) in [6.45, 7) is 0. The lowest BCUT2D eigenvalue weighted by atomic mass is 9.95. The van der Waals surface area contributed by atoms with Crippen LogP contribution in [0.4, 0.5) is 0 Å². The second-order valence-electron chi connectivity index (χ2n) is 8.20. The first-order valence-electron chi connectivity index (χ1n) is 11.1. The number of nitrogens with one attached hydrogen (secondary N) is 1. The molecule has 0 radical (unpaired) electrons. The number of benzene rings is 2. The molecule has 1 N–H and O–H groups in total. The first kappa shape index (κ1) is 20.2. The van der Waals surface area contributed by atoms with Gasteiger partial charge in [0.1, 0.15) is 11.4 Å². The number of carbonyl (C=O) groups is 1. The van der Waals surface area contributed by atoms with E-state index >= 15 is 0 Å². The molecule has 4 aromatic rings. The number of carbonyl (C=O) groups excluding carboxylic acids is 1. The van der Waals surface area contributed by atoms with E-state index in [1.807, 2.05) is 66.7 Å². The lowest BCUT2D eigenvalue weighted by Crippen LogP contribution is -2.36. The molecule has 2 aromatic heterocycles. The molecule has 0 bridgehead atoms. The number of hydrogen-bond donors (Lipinski definition) is 1. The summed E-state index contributed by atoms with van der Waals surface area (Å²) < 4.78 is 7.39. The number of ether oxygens (including phenoxy) is 1. The van der Waals surface area contributed by atoms with Gasteiger partial charge in [-0.2, -0.15) is 5.10 Å². The summed E-state index contributed by atoms with van der Waals surface area (Å²) in [5.74, 6) is 0.577. The summed E-state index contributed by atoms with van der Waals surface area (Å²) in [4.78, 5) is 17.8. The summed E-state index contributed by atoms with van der Waals surface area (Å²) in [6, 6.07) is 21.7. The van der Waals surface area contributed by atoms with E-state index < -0.39 is 0 Å². The van der Waals surface area contributed by atoms with Crippen molar-refractivity contribution >= 4 is 11.6 Å². The van der Waals surface area contributed by atoms with Gasteiger partial charge in [0, 0.05) is 23.2 Å². The number of hydrogen-bond acceptors (Lipinski definition) is 4. The van der Waals surface area contributed by atoms with Gasteiger partial charge in [0.15, 0.2) is 5.65 Å². The van der Waals surface area contributed by atoms with Gasteiger partial charge in [-0.05, 0) is 31.0 Å². The monoisotopic (exact) mass is 426 g/mol. The molecule has 1 amide bonds. The van der Waals surface area contributed by atoms with Crippen LogP contribution in [0.1, 0.15) is 42.6 Å². The molecule has 6 heteroatoms. The molecule has 1 fully saturated rings. The van der Waals surface area contributed by atoms with E-state index in [0.717, 1.165) is 53.9 Å². The van der Waals surface area contributed by atoms with Gasteiger partial charge in [0.05, 0.1) is 18.5 Å². The first-order valence-corrected chi connectivity index (χ1v) is 11.1. The number of nitrogens with zero attached hydrogens (tertiary/aromatic N) is 3. The summed E-state index contributed by atoms with van der Waals surface area (Å²) in [7, 11) is 1.65. The van der Waals surface area contributed by atoms with E-state index in [2.05, 4.69) is 10.3 Å². The maximum absolute atomic E-state index is 13.1. The Morgan fingerprint density at radius 2 is 1.75 bits per heavy atom. The van der Waals surface area contributed by atoms with Gasteiger partial charge in [-0.3, -0.25) is 4.79 Å². The Labute approximate surface area is 187 Å². The highest BCUT2D eigenvalue weighted by atomic mass is 16.5. The highest BCUT2D eigenvalue weighted by Crippen LogP contribution is 2.31. The highest BCUT2D eigenvalue weighted by molar-refractivity contribution is 5.94. The van der Waals surface area contributed by atoms with Gasteiger partial charge < -0.3 is 10.1 Å². The second kappa shape index (κ2) is 8.83. The van der Waals surface area contributed by atoms with Crippen molar-refractivity contribution in [3.8, 4) is 28.3 Å². The van der Waals surface area contributed by atoms with Crippen LogP contribution in [0.25, 0.3) is 28.2 Å². The lowest BCUT2D eigenvalue weighted by Gasteiger charge is -2.22.